The maximum absolute atomic E-state index is 13.9. The molecule has 0 aromatic heterocycles. The van der Waals surface area contributed by atoms with Crippen molar-refractivity contribution in [1.82, 2.24) is 4.90 Å². The van der Waals surface area contributed by atoms with Gasteiger partial charge in [-0.3, -0.25) is 4.90 Å². The van der Waals surface area contributed by atoms with E-state index < -0.39 is 17.7 Å². The van der Waals surface area contributed by atoms with E-state index in [2.05, 4.69) is 31.0 Å². The molecule has 1 N–H and O–H groups in total. The maximum Gasteiger partial charge on any atom is 0.508 e. The van der Waals surface area contributed by atoms with Crippen LogP contribution >= 0.6 is 0 Å². The number of anilines is 1. The summed E-state index contributed by atoms with van der Waals surface area (Å²) < 4.78 is 17.0. The van der Waals surface area contributed by atoms with E-state index in [1.165, 1.54) is 5.56 Å². The Morgan fingerprint density at radius 3 is 2.20 bits per heavy atom. The maximum atomic E-state index is 13.9. The summed E-state index contributed by atoms with van der Waals surface area (Å²) in [5.74, 6) is -0.0921. The first kappa shape index (κ1) is 28.7. The summed E-state index contributed by atoms with van der Waals surface area (Å²) in [6.07, 6.45) is 0.491. The minimum atomic E-state index is -0.689. The Morgan fingerprint density at radius 2 is 1.52 bits per heavy atom. The first-order valence-corrected chi connectivity index (χ1v) is 15.8. The molecule has 1 spiro atoms. The van der Waals surface area contributed by atoms with Crippen LogP contribution in [0.4, 0.5) is 15.3 Å². The highest BCUT2D eigenvalue weighted by atomic mass is 16.7. The van der Waals surface area contributed by atoms with Gasteiger partial charge in [0.1, 0.15) is 13.2 Å². The van der Waals surface area contributed by atoms with Gasteiger partial charge in [0.15, 0.2) is 0 Å². The number of hydrogen-bond donors (Lipinski definition) is 1. The van der Waals surface area contributed by atoms with Gasteiger partial charge < -0.3 is 24.2 Å². The van der Waals surface area contributed by atoms with Crippen LogP contribution in [0, 0.1) is 17.8 Å². The van der Waals surface area contributed by atoms with Crippen molar-refractivity contribution in [2.75, 3.05) is 18.6 Å². The van der Waals surface area contributed by atoms with Crippen molar-refractivity contribution in [3.05, 3.63) is 102 Å². The highest BCUT2D eigenvalue weighted by Gasteiger charge is 2.74. The van der Waals surface area contributed by atoms with Crippen molar-refractivity contribution < 1.29 is 28.9 Å². The van der Waals surface area contributed by atoms with Crippen LogP contribution in [0.2, 0.25) is 0 Å². The van der Waals surface area contributed by atoms with E-state index in [0.717, 1.165) is 23.2 Å². The first-order chi connectivity index (χ1) is 21.4. The van der Waals surface area contributed by atoms with Gasteiger partial charge in [-0.15, -0.1) is 0 Å². The Labute approximate surface area is 258 Å². The number of rotatable bonds is 8. The van der Waals surface area contributed by atoms with Gasteiger partial charge in [-0.25, -0.2) is 9.59 Å². The van der Waals surface area contributed by atoms with Crippen LogP contribution in [0.5, 0.6) is 0 Å². The van der Waals surface area contributed by atoms with Crippen molar-refractivity contribution in [1.29, 1.82) is 0 Å². The average molecular weight is 597 g/mol. The number of hydrogen-bond acceptors (Lipinski definition) is 7. The number of amides is 1. The lowest BCUT2D eigenvalue weighted by Crippen LogP contribution is -2.67. The predicted molar refractivity (Wildman–Crippen MR) is 165 cm³/mol. The molecule has 1 saturated carbocycles. The molecule has 230 valence electrons. The number of aliphatic hydroxyl groups excluding tert-OH is 1. The van der Waals surface area contributed by atoms with Gasteiger partial charge in [-0.05, 0) is 53.9 Å². The Bertz CT molecular complexity index is 1500. The molecule has 1 aliphatic carbocycles. The zero-order valence-corrected chi connectivity index (χ0v) is 25.2. The van der Waals surface area contributed by atoms with Crippen LogP contribution in [0.15, 0.2) is 84.9 Å². The molecule has 8 atom stereocenters. The standard InChI is InChI=1S/C36H40N2O6/c1-3-25(22-44-35(41)43-21-24-14-8-5-9-15-24)26-18-29-32-36(27-16-10-11-17-28(27)37(32)2)19-30(31(26)33(36)39)38(29)34(40)42-20-23-12-6-4-7-13-23/h4-17,25-26,29-33,39H,3,18-22H2,1-2H3/t25-,26-,29-,30-,31-,32-,33+,36?/m0/s1. The van der Waals surface area contributed by atoms with Crippen molar-refractivity contribution in [3.8, 4) is 0 Å². The number of nitrogens with zero attached hydrogens (tertiary/aromatic N) is 2. The lowest BCUT2D eigenvalue weighted by Gasteiger charge is -2.54. The molecule has 3 aliphatic heterocycles. The van der Waals surface area contributed by atoms with Crippen LogP contribution in [-0.2, 0) is 32.8 Å². The molecule has 3 bridgehead atoms. The number of aliphatic hydroxyl groups is 1. The molecule has 7 rings (SSSR count). The molecule has 3 aromatic carbocycles. The summed E-state index contributed by atoms with van der Waals surface area (Å²) in [4.78, 5) is 30.7. The van der Waals surface area contributed by atoms with Crippen molar-refractivity contribution in [2.45, 2.75) is 69.0 Å². The van der Waals surface area contributed by atoms with Gasteiger partial charge in [0.25, 0.3) is 0 Å². The van der Waals surface area contributed by atoms with E-state index in [9.17, 15) is 14.7 Å². The van der Waals surface area contributed by atoms with Gasteiger partial charge >= 0.3 is 12.2 Å². The second-order valence-corrected chi connectivity index (χ2v) is 12.8. The monoisotopic (exact) mass is 596 g/mol. The zero-order valence-electron chi connectivity index (χ0n) is 25.2. The van der Waals surface area contributed by atoms with Crippen LogP contribution in [-0.4, -0.2) is 60.1 Å². The number of likely N-dealkylation sites (N-methyl/N-ethyl adjacent to an activating group) is 1. The fraction of sp³-hybridized carbons (Fsp3) is 0.444. The summed E-state index contributed by atoms with van der Waals surface area (Å²) in [6, 6.07) is 27.2. The molecule has 3 heterocycles. The molecule has 3 aromatic rings. The number of ether oxygens (including phenoxy) is 3. The third kappa shape index (κ3) is 4.53. The van der Waals surface area contributed by atoms with Gasteiger partial charge in [-0.1, -0.05) is 85.8 Å². The lowest BCUT2D eigenvalue weighted by atomic mass is 9.67. The Hall–Kier alpha value is -4.04. The summed E-state index contributed by atoms with van der Waals surface area (Å²) in [5, 5.41) is 12.4. The summed E-state index contributed by atoms with van der Waals surface area (Å²) >= 11 is 0. The van der Waals surface area contributed by atoms with Crippen molar-refractivity contribution in [3.63, 3.8) is 0 Å². The fourth-order valence-electron chi connectivity index (χ4n) is 9.08. The molecular formula is C36H40N2O6. The van der Waals surface area contributed by atoms with E-state index in [4.69, 9.17) is 14.2 Å². The Morgan fingerprint density at radius 1 is 0.886 bits per heavy atom. The second kappa shape index (κ2) is 11.5. The number of carbonyl (C=O) groups is 2. The zero-order chi connectivity index (χ0) is 30.4. The second-order valence-electron chi connectivity index (χ2n) is 12.8. The molecule has 1 unspecified atom stereocenters. The Kier molecular flexibility index (Phi) is 7.49. The highest BCUT2D eigenvalue weighted by molar-refractivity contribution is 5.73. The Balaban J connectivity index is 1.14. The van der Waals surface area contributed by atoms with E-state index in [1.54, 1.807) is 0 Å². The topological polar surface area (TPSA) is 88.5 Å². The van der Waals surface area contributed by atoms with Crippen LogP contribution in [0.3, 0.4) is 0 Å². The van der Waals surface area contributed by atoms with Crippen LogP contribution in [0.25, 0.3) is 0 Å². The molecule has 8 nitrogen and oxygen atoms in total. The average Bonchev–Trinajstić information content (AvgIpc) is 3.43. The summed E-state index contributed by atoms with van der Waals surface area (Å²) in [5.41, 5.74) is 3.66. The largest absolute Gasteiger partial charge is 0.508 e. The van der Waals surface area contributed by atoms with Gasteiger partial charge in [0.2, 0.25) is 0 Å². The first-order valence-electron chi connectivity index (χ1n) is 15.8. The minimum Gasteiger partial charge on any atom is -0.445 e. The molecule has 8 heteroatoms. The van der Waals surface area contributed by atoms with E-state index >= 15 is 0 Å². The normalized spacial score (nSPS) is 30.0. The van der Waals surface area contributed by atoms with E-state index in [0.29, 0.717) is 12.8 Å². The number of piperidine rings is 2. The SMILES string of the molecule is CC[C@@H](COC(=O)OCc1ccccc1)[C@@H]1C[C@H]2[C@@H]3N(C)c4ccccc4C34C[C@@H]([C@H]1[C@H]4O)N2C(=O)OCc1ccccc1. The molecule has 44 heavy (non-hydrogen) atoms. The summed E-state index contributed by atoms with van der Waals surface area (Å²) in [6.45, 7) is 2.67. The molecular weight excluding hydrogens is 556 g/mol. The third-order valence-electron chi connectivity index (χ3n) is 10.9. The summed E-state index contributed by atoms with van der Waals surface area (Å²) in [7, 11) is 2.09. The van der Waals surface area contributed by atoms with Crippen molar-refractivity contribution in [2.24, 2.45) is 17.8 Å². The van der Waals surface area contributed by atoms with Gasteiger partial charge in [0.05, 0.1) is 24.8 Å². The third-order valence-corrected chi connectivity index (χ3v) is 10.9. The van der Waals surface area contributed by atoms with Crippen molar-refractivity contribution >= 4 is 17.9 Å². The number of carbonyl (C=O) groups excluding carboxylic acids is 2. The molecule has 0 radical (unpaired) electrons. The predicted octanol–water partition coefficient (Wildman–Crippen LogP) is 5.91. The molecule has 2 saturated heterocycles. The van der Waals surface area contributed by atoms with E-state index in [-0.39, 0.29) is 61.8 Å². The van der Waals surface area contributed by atoms with Gasteiger partial charge in [0, 0.05) is 30.1 Å². The molecule has 4 aliphatic rings. The van der Waals surface area contributed by atoms with Gasteiger partial charge in [-0.2, -0.15) is 0 Å². The van der Waals surface area contributed by atoms with Crippen LogP contribution < -0.4 is 4.90 Å². The van der Waals surface area contributed by atoms with E-state index in [1.807, 2.05) is 77.7 Å². The lowest BCUT2D eigenvalue weighted by molar-refractivity contribution is -0.0468. The number of benzene rings is 3. The molecule has 3 fully saturated rings. The number of para-hydroxylation sites is 1. The smallest absolute Gasteiger partial charge is 0.445 e. The quantitative estimate of drug-likeness (QED) is 0.324. The fourth-order valence-corrected chi connectivity index (χ4v) is 9.08. The molecule has 1 amide bonds. The van der Waals surface area contributed by atoms with Crippen LogP contribution in [0.1, 0.15) is 42.9 Å². The highest BCUT2D eigenvalue weighted by Crippen LogP contribution is 2.66. The minimum absolute atomic E-state index is 0.0148. The number of fused-ring (bicyclic) bond motifs is 3.